The molecule has 1 unspecified atom stereocenters. The molecule has 0 aliphatic heterocycles. The van der Waals surface area contributed by atoms with Gasteiger partial charge < -0.3 is 10.2 Å². The zero-order chi connectivity index (χ0) is 13.2. The van der Waals surface area contributed by atoms with Crippen molar-refractivity contribution in [2.75, 3.05) is 6.26 Å². The van der Waals surface area contributed by atoms with Crippen LogP contribution in [0.25, 0.3) is 0 Å². The molecule has 96 valence electrons. The summed E-state index contributed by atoms with van der Waals surface area (Å²) in [5.74, 6) is 0. The molecule has 17 heavy (non-hydrogen) atoms. The summed E-state index contributed by atoms with van der Waals surface area (Å²) in [5.41, 5.74) is -1.74. The van der Waals surface area contributed by atoms with Crippen LogP contribution in [0.2, 0.25) is 0 Å². The summed E-state index contributed by atoms with van der Waals surface area (Å²) in [6.45, 7) is 1.19. The molecule has 0 radical (unpaired) electrons. The third kappa shape index (κ3) is 3.30. The second-order valence-corrected chi connectivity index (χ2v) is 4.11. The lowest BCUT2D eigenvalue weighted by molar-refractivity contribution is -0.140. The summed E-state index contributed by atoms with van der Waals surface area (Å²) in [5, 5.41) is 18.8. The highest BCUT2D eigenvalue weighted by atomic mass is 32.2. The summed E-state index contributed by atoms with van der Waals surface area (Å²) in [7, 11) is 0. The number of alkyl halides is 3. The molecule has 0 aromatic carbocycles. The Morgan fingerprint density at radius 1 is 1.35 bits per heavy atom. The van der Waals surface area contributed by atoms with E-state index >= 15 is 0 Å². The van der Waals surface area contributed by atoms with Gasteiger partial charge in [0.25, 0.3) is 0 Å². The van der Waals surface area contributed by atoms with Crippen LogP contribution in [0.3, 0.4) is 0 Å². The minimum absolute atomic E-state index is 0.104. The van der Waals surface area contributed by atoms with Crippen molar-refractivity contribution in [3.8, 4) is 0 Å². The average molecular weight is 268 g/mol. The van der Waals surface area contributed by atoms with Crippen molar-refractivity contribution < 1.29 is 23.4 Å². The molecule has 2 atom stereocenters. The molecule has 0 spiro atoms. The van der Waals surface area contributed by atoms with Gasteiger partial charge in [-0.15, -0.1) is 0 Å². The Hall–Kier alpha value is -0.860. The third-order valence-corrected chi connectivity index (χ3v) is 2.58. The lowest BCUT2D eigenvalue weighted by atomic mass is 10.1. The minimum atomic E-state index is -4.66. The summed E-state index contributed by atoms with van der Waals surface area (Å²) >= 11 is 1.05. The highest BCUT2D eigenvalue weighted by molar-refractivity contribution is 7.98. The first-order valence-corrected chi connectivity index (χ1v) is 5.84. The maximum Gasteiger partial charge on any atom is 0.419 e. The average Bonchev–Trinajstić information content (AvgIpc) is 2.25. The van der Waals surface area contributed by atoms with Crippen molar-refractivity contribution in [3.63, 3.8) is 0 Å². The number of rotatable bonds is 3. The van der Waals surface area contributed by atoms with Crippen LogP contribution in [-0.4, -0.2) is 32.5 Å². The van der Waals surface area contributed by atoms with E-state index in [0.717, 1.165) is 11.8 Å². The van der Waals surface area contributed by atoms with E-state index in [0.29, 0.717) is 6.20 Å². The van der Waals surface area contributed by atoms with Crippen molar-refractivity contribution in [3.05, 3.63) is 17.5 Å². The number of halogens is 3. The van der Waals surface area contributed by atoms with Crippen molar-refractivity contribution in [2.45, 2.75) is 30.5 Å². The Labute approximate surface area is 99.9 Å². The third-order valence-electron chi connectivity index (χ3n) is 2.02. The molecule has 8 heteroatoms. The maximum absolute atomic E-state index is 12.6. The molecule has 0 saturated heterocycles. The van der Waals surface area contributed by atoms with Gasteiger partial charge in [0.05, 0.1) is 17.4 Å². The van der Waals surface area contributed by atoms with Gasteiger partial charge in [-0.05, 0) is 13.2 Å². The number of hydrogen-bond donors (Lipinski definition) is 2. The van der Waals surface area contributed by atoms with Gasteiger partial charge >= 0.3 is 6.18 Å². The first-order chi connectivity index (χ1) is 7.77. The van der Waals surface area contributed by atoms with Crippen LogP contribution in [0.1, 0.15) is 24.3 Å². The fraction of sp³-hybridized carbons (Fsp3) is 0.556. The van der Waals surface area contributed by atoms with Gasteiger partial charge in [0.1, 0.15) is 6.10 Å². The molecule has 1 aromatic heterocycles. The Bertz CT molecular complexity index is 398. The molecule has 0 aliphatic rings. The zero-order valence-electron chi connectivity index (χ0n) is 9.06. The summed E-state index contributed by atoms with van der Waals surface area (Å²) in [4.78, 5) is 7.11. The Morgan fingerprint density at radius 2 is 1.94 bits per heavy atom. The molecule has 0 aliphatic carbocycles. The topological polar surface area (TPSA) is 66.2 Å². The molecule has 4 nitrogen and oxygen atoms in total. The van der Waals surface area contributed by atoms with E-state index in [1.165, 1.54) is 6.92 Å². The first kappa shape index (κ1) is 14.2. The van der Waals surface area contributed by atoms with Crippen LogP contribution in [0.4, 0.5) is 13.2 Å². The second-order valence-electron chi connectivity index (χ2n) is 3.34. The summed E-state index contributed by atoms with van der Waals surface area (Å²) in [6.07, 6.45) is -5.50. The van der Waals surface area contributed by atoms with Gasteiger partial charge in [-0.1, -0.05) is 11.8 Å². The zero-order valence-corrected chi connectivity index (χ0v) is 9.88. The van der Waals surface area contributed by atoms with Gasteiger partial charge in [0, 0.05) is 6.20 Å². The van der Waals surface area contributed by atoms with Gasteiger partial charge in [-0.2, -0.15) is 13.2 Å². The van der Waals surface area contributed by atoms with Crippen molar-refractivity contribution in [2.24, 2.45) is 0 Å². The standard InChI is InChI=1S/C9H11F3N2O2S/c1-4(15)7(16)6-5(9(10,11)12)3-13-8(14-6)17-2/h3-4,7,15-16H,1-2H3/t4-,7?/m1/s1. The molecule has 1 rings (SSSR count). The predicted octanol–water partition coefficient (Wildman–Crippen LogP) is 1.63. The van der Waals surface area contributed by atoms with Crippen LogP contribution >= 0.6 is 11.8 Å². The van der Waals surface area contributed by atoms with E-state index in [1.54, 1.807) is 6.26 Å². The SMILES string of the molecule is CSc1ncc(C(F)(F)F)c(C(O)[C@@H](C)O)n1. The number of nitrogens with zero attached hydrogens (tertiary/aromatic N) is 2. The van der Waals surface area contributed by atoms with Crippen LogP contribution in [0, 0.1) is 0 Å². The number of hydrogen-bond acceptors (Lipinski definition) is 5. The van der Waals surface area contributed by atoms with Crippen LogP contribution < -0.4 is 0 Å². The van der Waals surface area contributed by atoms with E-state index < -0.39 is 29.6 Å². The van der Waals surface area contributed by atoms with Crippen molar-refractivity contribution >= 4 is 11.8 Å². The predicted molar refractivity (Wildman–Crippen MR) is 55.5 cm³/mol. The number of aromatic nitrogens is 2. The summed E-state index contributed by atoms with van der Waals surface area (Å²) in [6, 6.07) is 0. The van der Waals surface area contributed by atoms with Gasteiger partial charge in [-0.3, -0.25) is 0 Å². The van der Waals surface area contributed by atoms with E-state index in [9.17, 15) is 18.3 Å². The fourth-order valence-electron chi connectivity index (χ4n) is 1.15. The van der Waals surface area contributed by atoms with Gasteiger partial charge in [0.15, 0.2) is 5.16 Å². The lowest BCUT2D eigenvalue weighted by Gasteiger charge is -2.18. The Balaban J connectivity index is 3.31. The monoisotopic (exact) mass is 268 g/mol. The van der Waals surface area contributed by atoms with Gasteiger partial charge in [-0.25, -0.2) is 9.97 Å². The molecular formula is C9H11F3N2O2S. The molecule has 1 aromatic rings. The van der Waals surface area contributed by atoms with E-state index in [1.807, 2.05) is 0 Å². The van der Waals surface area contributed by atoms with Crippen LogP contribution in [-0.2, 0) is 6.18 Å². The fourth-order valence-corrected chi connectivity index (χ4v) is 1.50. The molecule has 2 N–H and O–H groups in total. The largest absolute Gasteiger partial charge is 0.419 e. The number of thioether (sulfide) groups is 1. The minimum Gasteiger partial charge on any atom is -0.390 e. The highest BCUT2D eigenvalue weighted by Gasteiger charge is 2.37. The first-order valence-electron chi connectivity index (χ1n) is 4.61. The van der Waals surface area contributed by atoms with Crippen LogP contribution in [0.5, 0.6) is 0 Å². The molecule has 0 bridgehead atoms. The molecule has 0 fully saturated rings. The normalized spacial score (nSPS) is 15.7. The smallest absolute Gasteiger partial charge is 0.390 e. The van der Waals surface area contributed by atoms with Crippen molar-refractivity contribution in [1.82, 2.24) is 9.97 Å². The lowest BCUT2D eigenvalue weighted by Crippen LogP contribution is -2.21. The quantitative estimate of drug-likeness (QED) is 0.644. The van der Waals surface area contributed by atoms with E-state index in [-0.39, 0.29) is 5.16 Å². The molecule has 0 saturated carbocycles. The van der Waals surface area contributed by atoms with Crippen LogP contribution in [0.15, 0.2) is 11.4 Å². The molecule has 0 amide bonds. The Kier molecular flexibility index (Phi) is 4.34. The van der Waals surface area contributed by atoms with E-state index in [4.69, 9.17) is 5.11 Å². The molecule has 1 heterocycles. The van der Waals surface area contributed by atoms with Crippen molar-refractivity contribution in [1.29, 1.82) is 0 Å². The number of aliphatic hydroxyl groups excluding tert-OH is 2. The number of aliphatic hydroxyl groups is 2. The molecular weight excluding hydrogens is 257 g/mol. The summed E-state index contributed by atoms with van der Waals surface area (Å²) < 4.78 is 37.9. The van der Waals surface area contributed by atoms with Gasteiger partial charge in [0.2, 0.25) is 0 Å². The Morgan fingerprint density at radius 3 is 2.35 bits per heavy atom. The second kappa shape index (κ2) is 5.19. The maximum atomic E-state index is 12.6. The van der Waals surface area contributed by atoms with E-state index in [2.05, 4.69) is 9.97 Å². The highest BCUT2D eigenvalue weighted by Crippen LogP contribution is 2.34.